The van der Waals surface area contributed by atoms with E-state index in [2.05, 4.69) is 14.9 Å². The van der Waals surface area contributed by atoms with E-state index in [1.807, 2.05) is 25.2 Å². The summed E-state index contributed by atoms with van der Waals surface area (Å²) in [4.78, 5) is 12.1. The Kier molecular flexibility index (Phi) is 3.48. The number of aryl methyl sites for hydroxylation is 1. The van der Waals surface area contributed by atoms with Crippen molar-refractivity contribution in [3.8, 4) is 0 Å². The molecule has 100 valence electrons. The molecule has 1 unspecified atom stereocenters. The third-order valence-electron chi connectivity index (χ3n) is 3.36. The molecule has 0 aliphatic heterocycles. The quantitative estimate of drug-likeness (QED) is 0.935. The number of aliphatic hydroxyl groups excluding tert-OH is 1. The first-order valence-corrected chi connectivity index (χ1v) is 7.34. The second kappa shape index (κ2) is 5.27. The molecule has 2 aromatic heterocycles. The van der Waals surface area contributed by atoms with Gasteiger partial charge in [-0.2, -0.15) is 0 Å². The summed E-state index contributed by atoms with van der Waals surface area (Å²) >= 11 is 1.61. The zero-order valence-electron chi connectivity index (χ0n) is 10.9. The first kappa shape index (κ1) is 12.6. The maximum absolute atomic E-state index is 9.99. The van der Waals surface area contributed by atoms with Gasteiger partial charge in [-0.15, -0.1) is 0 Å². The van der Waals surface area contributed by atoms with Crippen LogP contribution in [0.1, 0.15) is 35.2 Å². The van der Waals surface area contributed by atoms with E-state index in [9.17, 15) is 5.11 Å². The van der Waals surface area contributed by atoms with E-state index in [1.165, 1.54) is 0 Å². The molecule has 0 bridgehead atoms. The van der Waals surface area contributed by atoms with Crippen LogP contribution in [0.4, 0.5) is 5.13 Å². The first-order valence-electron chi connectivity index (χ1n) is 6.53. The number of fused-ring (bicyclic) bond motifs is 1. The van der Waals surface area contributed by atoms with Crippen molar-refractivity contribution in [1.29, 1.82) is 0 Å². The molecule has 0 saturated carbocycles. The highest BCUT2D eigenvalue weighted by Gasteiger charge is 2.23. The maximum atomic E-state index is 9.99. The van der Waals surface area contributed by atoms with Crippen molar-refractivity contribution in [2.45, 2.75) is 31.9 Å². The molecule has 0 spiro atoms. The zero-order chi connectivity index (χ0) is 13.2. The number of hydrogen-bond acceptors (Lipinski definition) is 5. The summed E-state index contributed by atoms with van der Waals surface area (Å²) in [7, 11) is 2.02. The van der Waals surface area contributed by atoms with Crippen molar-refractivity contribution in [2.24, 2.45) is 0 Å². The maximum Gasteiger partial charge on any atom is 0.185 e. The van der Waals surface area contributed by atoms with Crippen LogP contribution in [0.2, 0.25) is 0 Å². The zero-order valence-corrected chi connectivity index (χ0v) is 11.7. The van der Waals surface area contributed by atoms with Gasteiger partial charge in [-0.3, -0.25) is 4.98 Å². The van der Waals surface area contributed by atoms with Gasteiger partial charge in [-0.1, -0.05) is 17.4 Å². The van der Waals surface area contributed by atoms with Crippen LogP contribution in [0.3, 0.4) is 0 Å². The SMILES string of the molecule is CN(Cc1ccccn1)c1nc2c(s1)C(O)CCC2. The molecular weight excluding hydrogens is 258 g/mol. The molecule has 2 heterocycles. The lowest BCUT2D eigenvalue weighted by atomic mass is 10.0. The van der Waals surface area contributed by atoms with Crippen LogP contribution < -0.4 is 4.90 Å². The average Bonchev–Trinajstić information content (AvgIpc) is 2.85. The Morgan fingerprint density at radius 1 is 1.47 bits per heavy atom. The molecule has 19 heavy (non-hydrogen) atoms. The Bertz CT molecular complexity index is 555. The van der Waals surface area contributed by atoms with Gasteiger partial charge in [0.05, 0.1) is 28.9 Å². The van der Waals surface area contributed by atoms with E-state index >= 15 is 0 Å². The third kappa shape index (κ3) is 2.62. The van der Waals surface area contributed by atoms with E-state index in [0.717, 1.165) is 47.2 Å². The average molecular weight is 275 g/mol. The Hall–Kier alpha value is -1.46. The molecule has 0 saturated heterocycles. The fourth-order valence-electron chi connectivity index (χ4n) is 2.35. The van der Waals surface area contributed by atoms with Crippen LogP contribution in [-0.4, -0.2) is 22.1 Å². The molecule has 1 atom stereocenters. The van der Waals surface area contributed by atoms with Crippen LogP contribution in [0.25, 0.3) is 0 Å². The fourth-order valence-corrected chi connectivity index (χ4v) is 3.44. The molecule has 4 nitrogen and oxygen atoms in total. The minimum Gasteiger partial charge on any atom is -0.388 e. The number of thiazole rings is 1. The van der Waals surface area contributed by atoms with Gasteiger partial charge in [0, 0.05) is 13.2 Å². The predicted octanol–water partition coefficient (Wildman–Crippen LogP) is 2.54. The van der Waals surface area contributed by atoms with Crippen molar-refractivity contribution in [2.75, 3.05) is 11.9 Å². The molecule has 0 fully saturated rings. The van der Waals surface area contributed by atoms with Gasteiger partial charge in [-0.05, 0) is 31.4 Å². The van der Waals surface area contributed by atoms with Crippen LogP contribution in [-0.2, 0) is 13.0 Å². The van der Waals surface area contributed by atoms with Crippen LogP contribution in [0.5, 0.6) is 0 Å². The van der Waals surface area contributed by atoms with E-state index in [-0.39, 0.29) is 6.10 Å². The molecule has 5 heteroatoms. The summed E-state index contributed by atoms with van der Waals surface area (Å²) in [5, 5.41) is 11.0. The van der Waals surface area contributed by atoms with Crippen molar-refractivity contribution in [3.05, 3.63) is 40.7 Å². The highest BCUT2D eigenvalue weighted by atomic mass is 32.1. The Balaban J connectivity index is 1.79. The van der Waals surface area contributed by atoms with Gasteiger partial charge >= 0.3 is 0 Å². The lowest BCUT2D eigenvalue weighted by molar-refractivity contribution is 0.160. The fraction of sp³-hybridized carbons (Fsp3) is 0.429. The van der Waals surface area contributed by atoms with Gasteiger partial charge in [0.25, 0.3) is 0 Å². The summed E-state index contributed by atoms with van der Waals surface area (Å²) < 4.78 is 0. The number of aliphatic hydroxyl groups is 1. The van der Waals surface area contributed by atoms with Crippen molar-refractivity contribution in [1.82, 2.24) is 9.97 Å². The molecule has 1 aliphatic rings. The standard InChI is InChI=1S/C14H17N3OS/c1-17(9-10-5-2-3-8-15-10)14-16-11-6-4-7-12(18)13(11)19-14/h2-3,5,8,12,18H,4,6-7,9H2,1H3. The highest BCUT2D eigenvalue weighted by Crippen LogP contribution is 2.37. The number of aromatic nitrogens is 2. The molecule has 0 radical (unpaired) electrons. The molecule has 3 rings (SSSR count). The summed E-state index contributed by atoms with van der Waals surface area (Å²) in [6, 6.07) is 5.92. The minimum absolute atomic E-state index is 0.321. The normalized spacial score (nSPS) is 18.1. The van der Waals surface area contributed by atoms with Gasteiger partial charge in [0.15, 0.2) is 5.13 Å². The molecule has 2 aromatic rings. The highest BCUT2D eigenvalue weighted by molar-refractivity contribution is 7.15. The first-order chi connectivity index (χ1) is 9.24. The summed E-state index contributed by atoms with van der Waals surface area (Å²) in [5.74, 6) is 0. The van der Waals surface area contributed by atoms with Crippen LogP contribution in [0, 0.1) is 0 Å². The van der Waals surface area contributed by atoms with E-state index in [4.69, 9.17) is 0 Å². The third-order valence-corrected chi connectivity index (χ3v) is 4.68. The monoisotopic (exact) mass is 275 g/mol. The molecule has 0 amide bonds. The lowest BCUT2D eigenvalue weighted by Gasteiger charge is -2.15. The molecule has 0 aromatic carbocycles. The van der Waals surface area contributed by atoms with Crippen molar-refractivity contribution >= 4 is 16.5 Å². The number of rotatable bonds is 3. The van der Waals surface area contributed by atoms with E-state index < -0.39 is 0 Å². The number of anilines is 1. The molecule has 1 N–H and O–H groups in total. The topological polar surface area (TPSA) is 49.2 Å². The van der Waals surface area contributed by atoms with E-state index in [1.54, 1.807) is 17.5 Å². The predicted molar refractivity (Wildman–Crippen MR) is 76.4 cm³/mol. The number of pyridine rings is 1. The second-order valence-electron chi connectivity index (χ2n) is 4.89. The van der Waals surface area contributed by atoms with Gasteiger partial charge in [0.1, 0.15) is 0 Å². The largest absolute Gasteiger partial charge is 0.388 e. The molecular formula is C14H17N3OS. The van der Waals surface area contributed by atoms with Gasteiger partial charge in [0.2, 0.25) is 0 Å². The smallest absolute Gasteiger partial charge is 0.185 e. The lowest BCUT2D eigenvalue weighted by Crippen LogP contribution is -2.16. The summed E-state index contributed by atoms with van der Waals surface area (Å²) in [6.45, 7) is 0.739. The Morgan fingerprint density at radius 3 is 3.11 bits per heavy atom. The second-order valence-corrected chi connectivity index (χ2v) is 5.90. The Labute approximate surface area is 116 Å². The van der Waals surface area contributed by atoms with E-state index in [0.29, 0.717) is 0 Å². The summed E-state index contributed by atoms with van der Waals surface area (Å²) in [6.07, 6.45) is 4.36. The van der Waals surface area contributed by atoms with Crippen molar-refractivity contribution < 1.29 is 5.11 Å². The Morgan fingerprint density at radius 2 is 2.37 bits per heavy atom. The summed E-state index contributed by atoms with van der Waals surface area (Å²) in [5.41, 5.74) is 2.10. The van der Waals surface area contributed by atoms with Crippen LogP contribution in [0.15, 0.2) is 24.4 Å². The van der Waals surface area contributed by atoms with Gasteiger partial charge < -0.3 is 10.0 Å². The van der Waals surface area contributed by atoms with Gasteiger partial charge in [-0.25, -0.2) is 4.98 Å². The number of hydrogen-bond donors (Lipinski definition) is 1. The molecule has 1 aliphatic carbocycles. The minimum atomic E-state index is -0.321. The number of nitrogens with zero attached hydrogens (tertiary/aromatic N) is 3. The van der Waals surface area contributed by atoms with Crippen molar-refractivity contribution in [3.63, 3.8) is 0 Å². The van der Waals surface area contributed by atoms with Crippen LogP contribution >= 0.6 is 11.3 Å².